The number of rotatable bonds is 4. The molecule has 2 aromatic rings. The summed E-state index contributed by atoms with van der Waals surface area (Å²) in [6, 6.07) is 1.34. The molecular weight excluding hydrogens is 250 g/mol. The van der Waals surface area contributed by atoms with Gasteiger partial charge in [0.15, 0.2) is 5.69 Å². The summed E-state index contributed by atoms with van der Waals surface area (Å²) in [4.78, 5) is 22.4. The molecule has 0 aliphatic heterocycles. The van der Waals surface area contributed by atoms with Crippen LogP contribution < -0.4 is 5.32 Å². The molecule has 0 atom stereocenters. The molecule has 8 nitrogen and oxygen atoms in total. The Balaban J connectivity index is 2.01. The third-order valence-corrected chi connectivity index (χ3v) is 2.45. The second-order valence-corrected chi connectivity index (χ2v) is 4.05. The number of hydrogen-bond acceptors (Lipinski definition) is 4. The highest BCUT2D eigenvalue weighted by atomic mass is 16.4. The van der Waals surface area contributed by atoms with Crippen molar-refractivity contribution in [2.45, 2.75) is 13.5 Å². The zero-order valence-electron chi connectivity index (χ0n) is 10.5. The van der Waals surface area contributed by atoms with Gasteiger partial charge in [0.05, 0.1) is 11.4 Å². The lowest BCUT2D eigenvalue weighted by Crippen LogP contribution is -2.19. The number of carboxylic acids is 1. The normalized spacial score (nSPS) is 10.4. The minimum Gasteiger partial charge on any atom is -0.476 e. The summed E-state index contributed by atoms with van der Waals surface area (Å²) in [5.41, 5.74) is 1.24. The summed E-state index contributed by atoms with van der Waals surface area (Å²) in [5, 5.41) is 19.3. The predicted octanol–water partition coefficient (Wildman–Crippen LogP) is 0.262. The van der Waals surface area contributed by atoms with E-state index in [1.54, 1.807) is 24.9 Å². The number of aromatic carboxylic acids is 1. The Labute approximate surface area is 108 Å². The van der Waals surface area contributed by atoms with Crippen molar-refractivity contribution in [3.8, 4) is 0 Å². The van der Waals surface area contributed by atoms with E-state index in [1.807, 2.05) is 0 Å². The average molecular weight is 263 g/mol. The maximum Gasteiger partial charge on any atom is 0.356 e. The number of aryl methyl sites for hydroxylation is 2. The van der Waals surface area contributed by atoms with Gasteiger partial charge in [-0.15, -0.1) is 0 Å². The first-order valence-corrected chi connectivity index (χ1v) is 5.52. The summed E-state index contributed by atoms with van der Waals surface area (Å²) < 4.78 is 2.87. The number of amides is 1. The van der Waals surface area contributed by atoms with Crippen LogP contribution in [0.3, 0.4) is 0 Å². The molecule has 0 saturated carbocycles. The van der Waals surface area contributed by atoms with Gasteiger partial charge in [-0.1, -0.05) is 0 Å². The first-order valence-electron chi connectivity index (χ1n) is 5.52. The minimum atomic E-state index is -1.12. The van der Waals surface area contributed by atoms with Crippen LogP contribution in [0.1, 0.15) is 16.2 Å². The molecule has 0 radical (unpaired) electrons. The van der Waals surface area contributed by atoms with Crippen molar-refractivity contribution in [2.75, 3.05) is 5.32 Å². The average Bonchev–Trinajstić information content (AvgIpc) is 2.87. The van der Waals surface area contributed by atoms with Crippen LogP contribution in [0.5, 0.6) is 0 Å². The molecule has 0 aromatic carbocycles. The second-order valence-electron chi connectivity index (χ2n) is 4.05. The lowest BCUT2D eigenvalue weighted by Gasteiger charge is -2.03. The van der Waals surface area contributed by atoms with Gasteiger partial charge < -0.3 is 10.4 Å². The van der Waals surface area contributed by atoms with Crippen LogP contribution in [0.4, 0.5) is 5.69 Å². The lowest BCUT2D eigenvalue weighted by atomic mass is 10.4. The summed E-state index contributed by atoms with van der Waals surface area (Å²) in [5.74, 6) is -1.42. The third kappa shape index (κ3) is 2.97. The summed E-state index contributed by atoms with van der Waals surface area (Å²) >= 11 is 0. The molecule has 100 valence electrons. The van der Waals surface area contributed by atoms with Crippen LogP contribution in [0.2, 0.25) is 0 Å². The molecule has 8 heteroatoms. The topological polar surface area (TPSA) is 102 Å². The monoisotopic (exact) mass is 263 g/mol. The molecule has 1 amide bonds. The molecule has 19 heavy (non-hydrogen) atoms. The van der Waals surface area contributed by atoms with Gasteiger partial charge in [-0.05, 0) is 13.0 Å². The van der Waals surface area contributed by atoms with Crippen molar-refractivity contribution in [3.63, 3.8) is 0 Å². The number of nitrogens with zero attached hydrogens (tertiary/aromatic N) is 4. The van der Waals surface area contributed by atoms with Gasteiger partial charge in [0, 0.05) is 19.4 Å². The molecule has 2 heterocycles. The zero-order valence-corrected chi connectivity index (χ0v) is 10.5. The van der Waals surface area contributed by atoms with E-state index < -0.39 is 5.97 Å². The van der Waals surface area contributed by atoms with Crippen molar-refractivity contribution in [1.82, 2.24) is 19.6 Å². The largest absolute Gasteiger partial charge is 0.476 e. The maximum absolute atomic E-state index is 11.8. The fourth-order valence-electron chi connectivity index (χ4n) is 1.62. The highest BCUT2D eigenvalue weighted by Gasteiger charge is 2.11. The molecule has 2 rings (SSSR count). The van der Waals surface area contributed by atoms with E-state index in [9.17, 15) is 9.59 Å². The Bertz CT molecular complexity index is 628. The Morgan fingerprint density at radius 1 is 1.42 bits per heavy atom. The number of carboxylic acid groups (broad SMARTS) is 1. The lowest BCUT2D eigenvalue weighted by molar-refractivity contribution is -0.116. The Hall–Kier alpha value is -2.64. The van der Waals surface area contributed by atoms with Crippen molar-refractivity contribution in [1.29, 1.82) is 0 Å². The number of carbonyl (C=O) groups is 2. The minimum absolute atomic E-state index is 0.0540. The van der Waals surface area contributed by atoms with Gasteiger partial charge in [-0.3, -0.25) is 14.2 Å². The molecule has 0 aliphatic carbocycles. The van der Waals surface area contributed by atoms with Gasteiger partial charge in [-0.2, -0.15) is 10.2 Å². The van der Waals surface area contributed by atoms with Crippen LogP contribution in [-0.4, -0.2) is 36.5 Å². The van der Waals surface area contributed by atoms with Crippen LogP contribution in [-0.2, 0) is 18.4 Å². The highest BCUT2D eigenvalue weighted by molar-refractivity contribution is 5.91. The van der Waals surface area contributed by atoms with Gasteiger partial charge >= 0.3 is 5.97 Å². The molecule has 0 fully saturated rings. The quantitative estimate of drug-likeness (QED) is 0.823. The predicted molar refractivity (Wildman–Crippen MR) is 65.8 cm³/mol. The van der Waals surface area contributed by atoms with E-state index in [0.717, 1.165) is 0 Å². The van der Waals surface area contributed by atoms with E-state index in [2.05, 4.69) is 15.5 Å². The summed E-state index contributed by atoms with van der Waals surface area (Å²) in [7, 11) is 1.76. The summed E-state index contributed by atoms with van der Waals surface area (Å²) in [6.45, 7) is 1.73. The highest BCUT2D eigenvalue weighted by Crippen LogP contribution is 2.11. The molecular formula is C11H13N5O3. The summed E-state index contributed by atoms with van der Waals surface area (Å²) in [6.07, 6.45) is 3.14. The first-order chi connectivity index (χ1) is 8.95. The third-order valence-electron chi connectivity index (χ3n) is 2.45. The number of nitrogens with one attached hydrogen (secondary N) is 1. The number of hydrogen-bond donors (Lipinski definition) is 2. The van der Waals surface area contributed by atoms with Gasteiger partial charge in [0.2, 0.25) is 5.91 Å². The maximum atomic E-state index is 11.8. The second kappa shape index (κ2) is 4.92. The van der Waals surface area contributed by atoms with Crippen molar-refractivity contribution in [2.24, 2.45) is 7.05 Å². The standard InChI is InChI=1S/C11H13N5O3/c1-7-9(5-15(2)13-7)12-10(17)6-16-4-3-8(14-16)11(18)19/h3-5H,6H2,1-2H3,(H,12,17)(H,18,19). The van der Waals surface area contributed by atoms with Crippen LogP contribution in [0.25, 0.3) is 0 Å². The Morgan fingerprint density at radius 3 is 2.68 bits per heavy atom. The molecule has 2 aromatic heterocycles. The Morgan fingerprint density at radius 2 is 2.16 bits per heavy atom. The molecule has 0 bridgehead atoms. The van der Waals surface area contributed by atoms with E-state index in [1.165, 1.54) is 16.9 Å². The smallest absolute Gasteiger partial charge is 0.356 e. The molecule has 2 N–H and O–H groups in total. The number of aromatic nitrogens is 4. The molecule has 0 spiro atoms. The van der Waals surface area contributed by atoms with E-state index in [-0.39, 0.29) is 18.1 Å². The fraction of sp³-hybridized carbons (Fsp3) is 0.273. The van der Waals surface area contributed by atoms with E-state index >= 15 is 0 Å². The van der Waals surface area contributed by atoms with Gasteiger partial charge in [0.25, 0.3) is 0 Å². The van der Waals surface area contributed by atoms with Crippen molar-refractivity contribution < 1.29 is 14.7 Å². The van der Waals surface area contributed by atoms with Crippen molar-refractivity contribution in [3.05, 3.63) is 29.8 Å². The Kier molecular flexibility index (Phi) is 3.32. The zero-order chi connectivity index (χ0) is 14.0. The van der Waals surface area contributed by atoms with Crippen molar-refractivity contribution >= 4 is 17.6 Å². The molecule has 0 aliphatic rings. The number of carbonyl (C=O) groups excluding carboxylic acids is 1. The van der Waals surface area contributed by atoms with Crippen LogP contribution in [0.15, 0.2) is 18.5 Å². The van der Waals surface area contributed by atoms with E-state index in [4.69, 9.17) is 5.11 Å². The fourth-order valence-corrected chi connectivity index (χ4v) is 1.62. The van der Waals surface area contributed by atoms with Gasteiger partial charge in [-0.25, -0.2) is 4.79 Å². The van der Waals surface area contributed by atoms with Crippen LogP contribution >= 0.6 is 0 Å². The number of anilines is 1. The molecule has 0 saturated heterocycles. The first kappa shape index (κ1) is 12.8. The molecule has 0 unspecified atom stereocenters. The van der Waals surface area contributed by atoms with Gasteiger partial charge in [0.1, 0.15) is 6.54 Å². The van der Waals surface area contributed by atoms with Crippen LogP contribution in [0, 0.1) is 6.92 Å². The SMILES string of the molecule is Cc1nn(C)cc1NC(=O)Cn1ccc(C(=O)O)n1. The van der Waals surface area contributed by atoms with E-state index in [0.29, 0.717) is 11.4 Å².